The fraction of sp³-hybridized carbons (Fsp3) is 1.00. The van der Waals surface area contributed by atoms with Gasteiger partial charge in [-0.3, -0.25) is 0 Å². The van der Waals surface area contributed by atoms with E-state index in [4.69, 9.17) is 0 Å². The Kier molecular flexibility index (Phi) is 5.29. The second-order valence-electron chi connectivity index (χ2n) is 4.08. The van der Waals surface area contributed by atoms with E-state index in [1.807, 2.05) is 0 Å². The topological polar surface area (TPSA) is 6.48 Å². The van der Waals surface area contributed by atoms with Crippen LogP contribution in [0.15, 0.2) is 0 Å². The highest BCUT2D eigenvalue weighted by molar-refractivity contribution is 9.09. The number of nitrogens with zero attached hydrogens (tertiary/aromatic N) is 2. The normalized spacial score (nSPS) is 24.5. The summed E-state index contributed by atoms with van der Waals surface area (Å²) in [6.07, 6.45) is 4.02. The van der Waals surface area contributed by atoms with Crippen LogP contribution in [0.25, 0.3) is 0 Å². The summed E-state index contributed by atoms with van der Waals surface area (Å²) in [7, 11) is 4.48. The predicted octanol–water partition coefficient (Wildman–Crippen LogP) is 1.80. The van der Waals surface area contributed by atoms with Crippen molar-refractivity contribution in [1.29, 1.82) is 0 Å². The number of hydrogen-bond acceptors (Lipinski definition) is 2. The van der Waals surface area contributed by atoms with Crippen molar-refractivity contribution < 1.29 is 0 Å². The van der Waals surface area contributed by atoms with E-state index in [-0.39, 0.29) is 0 Å². The van der Waals surface area contributed by atoms with Gasteiger partial charge in [-0.15, -0.1) is 0 Å². The summed E-state index contributed by atoms with van der Waals surface area (Å²) >= 11 is 3.47. The fourth-order valence-corrected chi connectivity index (χ4v) is 2.24. The highest BCUT2D eigenvalue weighted by Crippen LogP contribution is 2.15. The van der Waals surface area contributed by atoms with Crippen molar-refractivity contribution in [3.05, 3.63) is 0 Å². The van der Waals surface area contributed by atoms with E-state index >= 15 is 0 Å². The standard InChI is InChI=1S/C10H21BrN2/c1-12(7-4-6-11)9-10-5-3-8-13(10)2/h10H,3-9H2,1-2H3. The van der Waals surface area contributed by atoms with Gasteiger partial charge < -0.3 is 9.80 Å². The zero-order chi connectivity index (χ0) is 9.68. The molecule has 1 heterocycles. The smallest absolute Gasteiger partial charge is 0.0220 e. The van der Waals surface area contributed by atoms with Gasteiger partial charge in [-0.1, -0.05) is 15.9 Å². The van der Waals surface area contributed by atoms with Crippen LogP contribution in [0.2, 0.25) is 0 Å². The molecule has 0 amide bonds. The van der Waals surface area contributed by atoms with E-state index in [1.165, 1.54) is 38.9 Å². The van der Waals surface area contributed by atoms with Gasteiger partial charge in [0.05, 0.1) is 0 Å². The zero-order valence-electron chi connectivity index (χ0n) is 8.80. The zero-order valence-corrected chi connectivity index (χ0v) is 10.4. The maximum atomic E-state index is 3.47. The molecule has 13 heavy (non-hydrogen) atoms. The quantitative estimate of drug-likeness (QED) is 0.685. The molecule has 0 radical (unpaired) electrons. The first-order valence-electron chi connectivity index (χ1n) is 5.19. The van der Waals surface area contributed by atoms with Gasteiger partial charge in [0.25, 0.3) is 0 Å². The Morgan fingerprint density at radius 2 is 2.31 bits per heavy atom. The Labute approximate surface area is 90.4 Å². The molecule has 1 fully saturated rings. The summed E-state index contributed by atoms with van der Waals surface area (Å²) in [5.74, 6) is 0. The van der Waals surface area contributed by atoms with Gasteiger partial charge in [-0.05, 0) is 46.4 Å². The van der Waals surface area contributed by atoms with Gasteiger partial charge in [0.2, 0.25) is 0 Å². The lowest BCUT2D eigenvalue weighted by Crippen LogP contribution is -2.37. The minimum atomic E-state index is 0.806. The molecule has 0 saturated carbocycles. The molecule has 1 atom stereocenters. The molecule has 1 aliphatic heterocycles. The molecular weight excluding hydrogens is 228 g/mol. The van der Waals surface area contributed by atoms with Gasteiger partial charge in [-0.2, -0.15) is 0 Å². The number of hydrogen-bond donors (Lipinski definition) is 0. The number of alkyl halides is 1. The van der Waals surface area contributed by atoms with E-state index < -0.39 is 0 Å². The first-order chi connectivity index (χ1) is 6.24. The predicted molar refractivity (Wildman–Crippen MR) is 61.6 cm³/mol. The maximum Gasteiger partial charge on any atom is 0.0220 e. The molecule has 1 aliphatic rings. The molecule has 0 aliphatic carbocycles. The van der Waals surface area contributed by atoms with Crippen LogP contribution in [0.1, 0.15) is 19.3 Å². The highest BCUT2D eigenvalue weighted by atomic mass is 79.9. The summed E-state index contributed by atoms with van der Waals surface area (Å²) in [6.45, 7) is 3.75. The summed E-state index contributed by atoms with van der Waals surface area (Å²) in [4.78, 5) is 4.94. The third kappa shape index (κ3) is 3.96. The van der Waals surface area contributed by atoms with Crippen LogP contribution in [0.5, 0.6) is 0 Å². The monoisotopic (exact) mass is 248 g/mol. The minimum absolute atomic E-state index is 0.806. The van der Waals surface area contributed by atoms with Crippen LogP contribution in [-0.2, 0) is 0 Å². The maximum absolute atomic E-state index is 3.47. The van der Waals surface area contributed by atoms with Gasteiger partial charge in [0.1, 0.15) is 0 Å². The van der Waals surface area contributed by atoms with Crippen molar-refractivity contribution in [1.82, 2.24) is 9.80 Å². The Balaban J connectivity index is 2.15. The molecule has 78 valence electrons. The lowest BCUT2D eigenvalue weighted by molar-refractivity contribution is 0.221. The summed E-state index contributed by atoms with van der Waals surface area (Å²) in [5.41, 5.74) is 0. The molecule has 0 N–H and O–H groups in total. The van der Waals surface area contributed by atoms with Crippen LogP contribution in [0.4, 0.5) is 0 Å². The van der Waals surface area contributed by atoms with Gasteiger partial charge in [0.15, 0.2) is 0 Å². The summed E-state index contributed by atoms with van der Waals surface area (Å²) in [6, 6.07) is 0.806. The van der Waals surface area contributed by atoms with E-state index in [0.29, 0.717) is 0 Å². The van der Waals surface area contributed by atoms with Crippen LogP contribution >= 0.6 is 15.9 Å². The van der Waals surface area contributed by atoms with Gasteiger partial charge in [0, 0.05) is 17.9 Å². The Hall–Kier alpha value is 0.400. The number of likely N-dealkylation sites (tertiary alicyclic amines) is 1. The highest BCUT2D eigenvalue weighted by Gasteiger charge is 2.21. The molecule has 2 nitrogen and oxygen atoms in total. The van der Waals surface area contributed by atoms with E-state index in [2.05, 4.69) is 39.8 Å². The largest absolute Gasteiger partial charge is 0.305 e. The summed E-state index contributed by atoms with van der Waals surface area (Å²) in [5, 5.41) is 1.12. The third-order valence-corrected chi connectivity index (χ3v) is 3.43. The van der Waals surface area contributed by atoms with Crippen molar-refractivity contribution >= 4 is 15.9 Å². The molecule has 1 rings (SSSR count). The van der Waals surface area contributed by atoms with Crippen molar-refractivity contribution in [2.45, 2.75) is 25.3 Å². The molecule has 0 spiro atoms. The van der Waals surface area contributed by atoms with Crippen molar-refractivity contribution in [3.63, 3.8) is 0 Å². The molecular formula is C10H21BrN2. The fourth-order valence-electron chi connectivity index (χ4n) is 1.99. The lowest BCUT2D eigenvalue weighted by atomic mass is 10.2. The third-order valence-electron chi connectivity index (χ3n) is 2.87. The Bertz CT molecular complexity index is 141. The first-order valence-corrected chi connectivity index (χ1v) is 6.31. The molecule has 3 heteroatoms. The van der Waals surface area contributed by atoms with E-state index in [9.17, 15) is 0 Å². The molecule has 1 saturated heterocycles. The van der Waals surface area contributed by atoms with Crippen molar-refractivity contribution in [3.8, 4) is 0 Å². The molecule has 0 aromatic heterocycles. The second kappa shape index (κ2) is 5.99. The first kappa shape index (κ1) is 11.5. The van der Waals surface area contributed by atoms with Crippen LogP contribution < -0.4 is 0 Å². The Morgan fingerprint density at radius 1 is 1.54 bits per heavy atom. The molecule has 0 bridgehead atoms. The number of likely N-dealkylation sites (N-methyl/N-ethyl adjacent to an activating group) is 2. The van der Waals surface area contributed by atoms with Crippen LogP contribution in [0.3, 0.4) is 0 Å². The SMILES string of the molecule is CN(CCCBr)CC1CCCN1C. The average molecular weight is 249 g/mol. The van der Waals surface area contributed by atoms with Crippen molar-refractivity contribution in [2.75, 3.05) is 39.1 Å². The molecule has 1 unspecified atom stereocenters. The lowest BCUT2D eigenvalue weighted by Gasteiger charge is -2.25. The van der Waals surface area contributed by atoms with Crippen LogP contribution in [0, 0.1) is 0 Å². The van der Waals surface area contributed by atoms with Gasteiger partial charge in [-0.25, -0.2) is 0 Å². The second-order valence-corrected chi connectivity index (χ2v) is 4.87. The van der Waals surface area contributed by atoms with E-state index in [0.717, 1.165) is 11.4 Å². The van der Waals surface area contributed by atoms with Crippen LogP contribution in [-0.4, -0.2) is 54.9 Å². The Morgan fingerprint density at radius 3 is 2.85 bits per heavy atom. The molecule has 0 aromatic carbocycles. The molecule has 0 aromatic rings. The van der Waals surface area contributed by atoms with Gasteiger partial charge >= 0.3 is 0 Å². The minimum Gasteiger partial charge on any atom is -0.305 e. The average Bonchev–Trinajstić information content (AvgIpc) is 2.48. The van der Waals surface area contributed by atoms with E-state index in [1.54, 1.807) is 0 Å². The number of halogens is 1. The summed E-state index contributed by atoms with van der Waals surface area (Å²) < 4.78 is 0. The van der Waals surface area contributed by atoms with Crippen molar-refractivity contribution in [2.24, 2.45) is 0 Å². The number of rotatable bonds is 5.